The number of hydrogen-bond acceptors (Lipinski definition) is 1. The van der Waals surface area contributed by atoms with Gasteiger partial charge in [0.05, 0.1) is 0 Å². The summed E-state index contributed by atoms with van der Waals surface area (Å²) in [6.07, 6.45) is 7.15. The van der Waals surface area contributed by atoms with Crippen LogP contribution in [-0.2, 0) is 4.79 Å². The zero-order valence-electron chi connectivity index (χ0n) is 9.15. The molecule has 0 heterocycles. The number of Topliss-reactive ketones (excluding diaryl/α,β-unsaturated/α-hetero) is 1. The van der Waals surface area contributed by atoms with Crippen molar-refractivity contribution in [2.75, 3.05) is 0 Å². The van der Waals surface area contributed by atoms with Crippen LogP contribution in [0.15, 0.2) is 22.3 Å². The maximum Gasteiger partial charge on any atom is 0.163 e. The highest BCUT2D eigenvalue weighted by Gasteiger charge is 2.24. The molecule has 1 fully saturated rings. The number of ketones is 1. The normalized spacial score (nSPS) is 23.7. The van der Waals surface area contributed by atoms with Crippen LogP contribution >= 0.6 is 0 Å². The second kappa shape index (κ2) is 3.72. The number of allylic oxidation sites excluding steroid dienone is 4. The summed E-state index contributed by atoms with van der Waals surface area (Å²) in [6, 6.07) is 0. The molecule has 0 atom stereocenters. The van der Waals surface area contributed by atoms with Crippen molar-refractivity contribution in [1.82, 2.24) is 0 Å². The maximum atomic E-state index is 11.5. The Kier molecular flexibility index (Phi) is 2.58. The minimum Gasteiger partial charge on any atom is -0.294 e. The highest BCUT2D eigenvalue weighted by atomic mass is 16.1. The SMILES string of the molecule is CC1=C(C)C(=C2CCCCC2)CC1=O. The Morgan fingerprint density at radius 2 is 1.57 bits per heavy atom. The van der Waals surface area contributed by atoms with Gasteiger partial charge in [-0.25, -0.2) is 0 Å². The molecule has 0 aliphatic heterocycles. The van der Waals surface area contributed by atoms with E-state index in [0.29, 0.717) is 12.2 Å². The lowest BCUT2D eigenvalue weighted by Crippen LogP contribution is -1.99. The van der Waals surface area contributed by atoms with Crippen LogP contribution in [0.5, 0.6) is 0 Å². The monoisotopic (exact) mass is 190 g/mol. The lowest BCUT2D eigenvalue weighted by atomic mass is 9.89. The predicted octanol–water partition coefficient (Wildman–Crippen LogP) is 3.56. The van der Waals surface area contributed by atoms with Gasteiger partial charge in [-0.3, -0.25) is 4.79 Å². The summed E-state index contributed by atoms with van der Waals surface area (Å²) in [5.74, 6) is 0.343. The Morgan fingerprint density at radius 3 is 2.07 bits per heavy atom. The van der Waals surface area contributed by atoms with Gasteiger partial charge >= 0.3 is 0 Å². The minimum absolute atomic E-state index is 0.343. The predicted molar refractivity (Wildman–Crippen MR) is 58.1 cm³/mol. The Labute approximate surface area is 85.9 Å². The van der Waals surface area contributed by atoms with E-state index in [1.54, 1.807) is 5.57 Å². The van der Waals surface area contributed by atoms with Crippen LogP contribution in [0.3, 0.4) is 0 Å². The summed E-state index contributed by atoms with van der Waals surface area (Å²) in [6.45, 7) is 4.07. The van der Waals surface area contributed by atoms with E-state index < -0.39 is 0 Å². The lowest BCUT2D eigenvalue weighted by Gasteiger charge is -2.17. The molecular formula is C13H18O. The fraction of sp³-hybridized carbons (Fsp3) is 0.615. The third-order valence-corrected chi connectivity index (χ3v) is 3.65. The van der Waals surface area contributed by atoms with E-state index in [2.05, 4.69) is 6.92 Å². The number of carbonyl (C=O) groups is 1. The van der Waals surface area contributed by atoms with Gasteiger partial charge in [0.15, 0.2) is 5.78 Å². The van der Waals surface area contributed by atoms with Crippen LogP contribution in [0, 0.1) is 0 Å². The molecule has 0 bridgehead atoms. The Morgan fingerprint density at radius 1 is 0.929 bits per heavy atom. The molecule has 2 aliphatic rings. The third kappa shape index (κ3) is 1.56. The molecule has 1 heteroatoms. The largest absolute Gasteiger partial charge is 0.294 e. The molecule has 76 valence electrons. The van der Waals surface area contributed by atoms with Gasteiger partial charge in [-0.15, -0.1) is 0 Å². The molecule has 0 aromatic rings. The molecule has 0 N–H and O–H groups in total. The molecule has 0 spiro atoms. The van der Waals surface area contributed by atoms with Gasteiger partial charge < -0.3 is 0 Å². The Bertz CT molecular complexity index is 323. The van der Waals surface area contributed by atoms with Gasteiger partial charge in [0, 0.05) is 6.42 Å². The van der Waals surface area contributed by atoms with E-state index in [1.807, 2.05) is 6.92 Å². The highest BCUT2D eigenvalue weighted by molar-refractivity contribution is 6.02. The smallest absolute Gasteiger partial charge is 0.163 e. The molecule has 2 aliphatic carbocycles. The van der Waals surface area contributed by atoms with Crippen molar-refractivity contribution in [1.29, 1.82) is 0 Å². The maximum absolute atomic E-state index is 11.5. The molecule has 14 heavy (non-hydrogen) atoms. The first-order valence-electron chi connectivity index (χ1n) is 5.62. The summed E-state index contributed by atoms with van der Waals surface area (Å²) >= 11 is 0. The standard InChI is InChI=1S/C13H18O/c1-9-10(2)13(14)8-12(9)11-6-4-3-5-7-11/h3-8H2,1-2H3. The molecule has 0 radical (unpaired) electrons. The quantitative estimate of drug-likeness (QED) is 0.571. The van der Waals surface area contributed by atoms with Crippen molar-refractivity contribution in [2.24, 2.45) is 0 Å². The zero-order chi connectivity index (χ0) is 10.1. The summed E-state index contributed by atoms with van der Waals surface area (Å²) in [7, 11) is 0. The van der Waals surface area contributed by atoms with E-state index >= 15 is 0 Å². The fourth-order valence-corrected chi connectivity index (χ4v) is 2.53. The average molecular weight is 190 g/mol. The summed E-state index contributed by atoms with van der Waals surface area (Å²) in [5, 5.41) is 0. The van der Waals surface area contributed by atoms with Crippen LogP contribution in [0.2, 0.25) is 0 Å². The molecule has 0 unspecified atom stereocenters. The summed E-state index contributed by atoms with van der Waals surface area (Å²) in [4.78, 5) is 11.5. The van der Waals surface area contributed by atoms with Crippen molar-refractivity contribution < 1.29 is 4.79 Å². The van der Waals surface area contributed by atoms with Gasteiger partial charge in [-0.1, -0.05) is 12.0 Å². The third-order valence-electron chi connectivity index (χ3n) is 3.65. The van der Waals surface area contributed by atoms with Crippen LogP contribution in [-0.4, -0.2) is 5.78 Å². The van der Waals surface area contributed by atoms with Crippen molar-refractivity contribution in [3.63, 3.8) is 0 Å². The van der Waals surface area contributed by atoms with Crippen molar-refractivity contribution >= 4 is 5.78 Å². The van der Waals surface area contributed by atoms with E-state index in [0.717, 1.165) is 5.57 Å². The van der Waals surface area contributed by atoms with Crippen LogP contribution in [0.4, 0.5) is 0 Å². The number of rotatable bonds is 0. The van der Waals surface area contributed by atoms with Gasteiger partial charge in [0.2, 0.25) is 0 Å². The molecule has 0 saturated heterocycles. The average Bonchev–Trinajstić information content (AvgIpc) is 2.47. The van der Waals surface area contributed by atoms with Gasteiger partial charge in [0.1, 0.15) is 0 Å². The molecule has 1 nitrogen and oxygen atoms in total. The minimum atomic E-state index is 0.343. The molecular weight excluding hydrogens is 172 g/mol. The summed E-state index contributed by atoms with van der Waals surface area (Å²) in [5.41, 5.74) is 5.22. The first-order chi connectivity index (χ1) is 6.70. The Hall–Kier alpha value is -0.850. The highest BCUT2D eigenvalue weighted by Crippen LogP contribution is 2.36. The number of carbonyl (C=O) groups excluding carboxylic acids is 1. The van der Waals surface area contributed by atoms with Crippen molar-refractivity contribution in [3.8, 4) is 0 Å². The molecule has 0 aromatic carbocycles. The van der Waals surface area contributed by atoms with Crippen LogP contribution < -0.4 is 0 Å². The molecule has 0 amide bonds. The fourth-order valence-electron chi connectivity index (χ4n) is 2.53. The van der Waals surface area contributed by atoms with Gasteiger partial charge in [0.25, 0.3) is 0 Å². The summed E-state index contributed by atoms with van der Waals surface area (Å²) < 4.78 is 0. The topological polar surface area (TPSA) is 17.1 Å². The van der Waals surface area contributed by atoms with Crippen molar-refractivity contribution in [2.45, 2.75) is 52.4 Å². The van der Waals surface area contributed by atoms with Crippen LogP contribution in [0.25, 0.3) is 0 Å². The number of hydrogen-bond donors (Lipinski definition) is 0. The van der Waals surface area contributed by atoms with Gasteiger partial charge in [-0.05, 0) is 56.3 Å². The molecule has 2 rings (SSSR count). The van der Waals surface area contributed by atoms with Gasteiger partial charge in [-0.2, -0.15) is 0 Å². The van der Waals surface area contributed by atoms with E-state index in [4.69, 9.17) is 0 Å². The second-order valence-corrected chi connectivity index (χ2v) is 4.49. The van der Waals surface area contributed by atoms with E-state index in [1.165, 1.54) is 43.3 Å². The first kappa shape index (κ1) is 9.70. The molecule has 1 saturated carbocycles. The van der Waals surface area contributed by atoms with Crippen LogP contribution in [0.1, 0.15) is 52.4 Å². The second-order valence-electron chi connectivity index (χ2n) is 4.49. The molecule has 0 aromatic heterocycles. The zero-order valence-corrected chi connectivity index (χ0v) is 9.15. The lowest BCUT2D eigenvalue weighted by molar-refractivity contribution is -0.114. The van der Waals surface area contributed by atoms with E-state index in [-0.39, 0.29) is 0 Å². The van der Waals surface area contributed by atoms with E-state index in [9.17, 15) is 4.79 Å². The first-order valence-corrected chi connectivity index (χ1v) is 5.62. The Balaban J connectivity index is 2.31. The van der Waals surface area contributed by atoms with Crippen molar-refractivity contribution in [3.05, 3.63) is 22.3 Å².